The van der Waals surface area contributed by atoms with E-state index in [2.05, 4.69) is 0 Å². The fourth-order valence-corrected chi connectivity index (χ4v) is 2.12. The summed E-state index contributed by atoms with van der Waals surface area (Å²) in [5.74, 6) is -0.0353. The van der Waals surface area contributed by atoms with Crippen molar-refractivity contribution in [1.29, 1.82) is 0 Å². The summed E-state index contributed by atoms with van der Waals surface area (Å²) < 4.78 is 24.8. The summed E-state index contributed by atoms with van der Waals surface area (Å²) in [6, 6.07) is 3.23. The lowest BCUT2D eigenvalue weighted by Gasteiger charge is -2.24. The van der Waals surface area contributed by atoms with Crippen molar-refractivity contribution >= 4 is 5.97 Å². The molecule has 1 N–H and O–H groups in total. The number of methoxy groups -OCH3 is 2. The van der Waals surface area contributed by atoms with E-state index in [1.807, 2.05) is 0 Å². The van der Waals surface area contributed by atoms with Gasteiger partial charge >= 0.3 is 5.97 Å². The lowest BCUT2D eigenvalue weighted by molar-refractivity contribution is -0.146. The number of carboxylic acids is 1. The molecule has 5 heteroatoms. The van der Waals surface area contributed by atoms with Gasteiger partial charge in [0.1, 0.15) is 17.2 Å². The molecule has 1 rings (SSSR count). The second-order valence-electron chi connectivity index (χ2n) is 6.20. The van der Waals surface area contributed by atoms with E-state index < -0.39 is 17.1 Å². The molecule has 0 heterocycles. The molecule has 0 atom stereocenters. The van der Waals surface area contributed by atoms with Crippen molar-refractivity contribution in [1.82, 2.24) is 0 Å². The number of benzene rings is 1. The van der Waals surface area contributed by atoms with Gasteiger partial charge in [0, 0.05) is 11.6 Å². The number of carbonyl (C=O) groups is 1. The van der Waals surface area contributed by atoms with Crippen LogP contribution in [0, 0.1) is 5.41 Å². The third kappa shape index (κ3) is 3.86. The highest BCUT2D eigenvalue weighted by Gasteiger charge is 2.31. The molecular formula is C16H23FO4. The number of alkyl halides is 1. The normalized spacial score (nSPS) is 12.1. The van der Waals surface area contributed by atoms with Gasteiger partial charge < -0.3 is 14.6 Å². The second-order valence-corrected chi connectivity index (χ2v) is 6.20. The largest absolute Gasteiger partial charge is 0.496 e. The average Bonchev–Trinajstić information content (AvgIpc) is 2.36. The van der Waals surface area contributed by atoms with Gasteiger partial charge in [-0.1, -0.05) is 0 Å². The first-order valence-corrected chi connectivity index (χ1v) is 6.70. The fourth-order valence-electron chi connectivity index (χ4n) is 2.12. The van der Waals surface area contributed by atoms with Crippen LogP contribution >= 0.6 is 0 Å². The third-order valence-corrected chi connectivity index (χ3v) is 3.45. The smallest absolute Gasteiger partial charge is 0.309 e. The zero-order valence-electron chi connectivity index (χ0n) is 13.4. The molecule has 0 aromatic heterocycles. The molecule has 0 bridgehead atoms. The van der Waals surface area contributed by atoms with Gasteiger partial charge in [0.2, 0.25) is 0 Å². The molecule has 0 saturated carbocycles. The lowest BCUT2D eigenvalue weighted by Crippen LogP contribution is -2.26. The van der Waals surface area contributed by atoms with E-state index in [9.17, 15) is 14.3 Å². The zero-order chi connectivity index (χ0) is 16.4. The van der Waals surface area contributed by atoms with E-state index in [1.165, 1.54) is 28.1 Å². The molecule has 0 saturated heterocycles. The van der Waals surface area contributed by atoms with Gasteiger partial charge in [-0.05, 0) is 45.7 Å². The van der Waals surface area contributed by atoms with Crippen LogP contribution in [-0.4, -0.2) is 25.3 Å². The Labute approximate surface area is 124 Å². The van der Waals surface area contributed by atoms with Crippen LogP contribution in [-0.2, 0) is 16.9 Å². The molecule has 4 nitrogen and oxygen atoms in total. The SMILES string of the molecule is COc1cc(OC)c(C(C)(C)F)cc1CC(C)(C)C(=O)O. The Balaban J connectivity index is 3.41. The molecule has 0 fully saturated rings. The average molecular weight is 298 g/mol. The molecule has 0 unspecified atom stereocenters. The van der Waals surface area contributed by atoms with Crippen LogP contribution in [0.25, 0.3) is 0 Å². The van der Waals surface area contributed by atoms with E-state index in [0.29, 0.717) is 22.6 Å². The van der Waals surface area contributed by atoms with Crippen molar-refractivity contribution in [3.8, 4) is 11.5 Å². The van der Waals surface area contributed by atoms with Gasteiger partial charge in [-0.2, -0.15) is 0 Å². The van der Waals surface area contributed by atoms with Crippen LogP contribution in [0.1, 0.15) is 38.8 Å². The van der Waals surface area contributed by atoms with Crippen molar-refractivity contribution in [2.75, 3.05) is 14.2 Å². The Morgan fingerprint density at radius 1 is 1.14 bits per heavy atom. The third-order valence-electron chi connectivity index (χ3n) is 3.45. The minimum Gasteiger partial charge on any atom is -0.496 e. The lowest BCUT2D eigenvalue weighted by atomic mass is 9.84. The van der Waals surface area contributed by atoms with Crippen LogP contribution in [0.15, 0.2) is 12.1 Å². The topological polar surface area (TPSA) is 55.8 Å². The Hall–Kier alpha value is -1.78. The zero-order valence-corrected chi connectivity index (χ0v) is 13.4. The number of hydrogen-bond donors (Lipinski definition) is 1. The quantitative estimate of drug-likeness (QED) is 0.872. The maximum Gasteiger partial charge on any atom is 0.309 e. The fraction of sp³-hybridized carbons (Fsp3) is 0.562. The molecule has 21 heavy (non-hydrogen) atoms. The predicted octanol–water partition coefficient (Wildman–Crippen LogP) is 3.56. The van der Waals surface area contributed by atoms with Gasteiger partial charge in [0.25, 0.3) is 0 Å². The summed E-state index contributed by atoms with van der Waals surface area (Å²) in [5, 5.41) is 9.26. The number of ether oxygens (including phenoxy) is 2. The first-order chi connectivity index (χ1) is 9.52. The Morgan fingerprint density at radius 3 is 2.05 bits per heavy atom. The van der Waals surface area contributed by atoms with Gasteiger partial charge in [0.05, 0.1) is 19.6 Å². The van der Waals surface area contributed by atoms with Crippen molar-refractivity contribution < 1.29 is 23.8 Å². The summed E-state index contributed by atoms with van der Waals surface area (Å²) in [6.07, 6.45) is 0.235. The highest BCUT2D eigenvalue weighted by molar-refractivity contribution is 5.74. The van der Waals surface area contributed by atoms with Gasteiger partial charge in [-0.25, -0.2) is 4.39 Å². The summed E-state index contributed by atoms with van der Waals surface area (Å²) in [7, 11) is 2.96. The van der Waals surface area contributed by atoms with Crippen LogP contribution < -0.4 is 9.47 Å². The first-order valence-electron chi connectivity index (χ1n) is 6.70. The van der Waals surface area contributed by atoms with E-state index >= 15 is 0 Å². The van der Waals surface area contributed by atoms with Gasteiger partial charge in [0.15, 0.2) is 0 Å². The predicted molar refractivity (Wildman–Crippen MR) is 78.8 cm³/mol. The molecule has 118 valence electrons. The Morgan fingerprint density at radius 2 is 1.67 bits per heavy atom. The number of hydrogen-bond acceptors (Lipinski definition) is 3. The molecule has 0 aliphatic heterocycles. The molecule has 0 amide bonds. The van der Waals surface area contributed by atoms with Gasteiger partial charge in [-0.15, -0.1) is 0 Å². The van der Waals surface area contributed by atoms with Crippen molar-refractivity contribution in [2.24, 2.45) is 5.41 Å². The standard InChI is InChI=1S/C16H23FO4/c1-15(2,14(18)19)9-10-7-11(16(3,4)17)13(21-6)8-12(10)20-5/h7-8H,9H2,1-6H3,(H,18,19). The molecule has 0 radical (unpaired) electrons. The molecule has 1 aromatic rings. The molecule has 1 aromatic carbocycles. The minimum atomic E-state index is -1.60. The maximum absolute atomic E-state index is 14.3. The van der Waals surface area contributed by atoms with Crippen molar-refractivity contribution in [3.63, 3.8) is 0 Å². The number of halogens is 1. The number of carboxylic acid groups (broad SMARTS) is 1. The van der Waals surface area contributed by atoms with Crippen molar-refractivity contribution in [2.45, 2.75) is 39.8 Å². The minimum absolute atomic E-state index is 0.235. The number of aliphatic carboxylic acids is 1. The van der Waals surface area contributed by atoms with Crippen LogP contribution in [0.2, 0.25) is 0 Å². The molecule has 0 aliphatic rings. The van der Waals surface area contributed by atoms with Crippen LogP contribution in [0.4, 0.5) is 4.39 Å². The Kier molecular flexibility index (Phi) is 4.87. The highest BCUT2D eigenvalue weighted by Crippen LogP contribution is 2.39. The van der Waals surface area contributed by atoms with E-state index in [0.717, 1.165) is 0 Å². The van der Waals surface area contributed by atoms with E-state index in [-0.39, 0.29) is 6.42 Å². The van der Waals surface area contributed by atoms with E-state index in [4.69, 9.17) is 9.47 Å². The first kappa shape index (κ1) is 17.3. The Bertz CT molecular complexity index is 530. The summed E-state index contributed by atoms with van der Waals surface area (Å²) in [5.41, 5.74) is -1.55. The van der Waals surface area contributed by atoms with Gasteiger partial charge in [-0.3, -0.25) is 4.79 Å². The highest BCUT2D eigenvalue weighted by atomic mass is 19.1. The number of rotatable bonds is 6. The molecular weight excluding hydrogens is 275 g/mol. The molecule has 0 aliphatic carbocycles. The summed E-state index contributed by atoms with van der Waals surface area (Å²) in [6.45, 7) is 6.12. The van der Waals surface area contributed by atoms with Crippen LogP contribution in [0.5, 0.6) is 11.5 Å². The second kappa shape index (κ2) is 5.92. The monoisotopic (exact) mass is 298 g/mol. The summed E-state index contributed by atoms with van der Waals surface area (Å²) >= 11 is 0. The summed E-state index contributed by atoms with van der Waals surface area (Å²) in [4.78, 5) is 11.3. The molecule has 0 spiro atoms. The van der Waals surface area contributed by atoms with E-state index in [1.54, 1.807) is 26.0 Å². The maximum atomic E-state index is 14.3. The van der Waals surface area contributed by atoms with Crippen LogP contribution in [0.3, 0.4) is 0 Å². The van der Waals surface area contributed by atoms with Crippen molar-refractivity contribution in [3.05, 3.63) is 23.3 Å².